The molecule has 1 fully saturated rings. The first-order chi connectivity index (χ1) is 9.16. The number of nitrogens with zero attached hydrogens (tertiary/aromatic N) is 1. The first-order valence-electron chi connectivity index (χ1n) is 6.86. The third kappa shape index (κ3) is 4.37. The lowest BCUT2D eigenvalue weighted by Crippen LogP contribution is -2.37. The molecule has 1 aliphatic rings. The van der Waals surface area contributed by atoms with Gasteiger partial charge in [-0.15, -0.1) is 0 Å². The molecular weight excluding hydrogens is 262 g/mol. The molecule has 1 aromatic carbocycles. The second-order valence-electron chi connectivity index (χ2n) is 5.05. The van der Waals surface area contributed by atoms with E-state index in [4.69, 9.17) is 21.1 Å². The lowest BCUT2D eigenvalue weighted by Gasteiger charge is -2.26. The van der Waals surface area contributed by atoms with Crippen LogP contribution in [0.2, 0.25) is 5.02 Å². The van der Waals surface area contributed by atoms with Gasteiger partial charge < -0.3 is 9.47 Å². The highest BCUT2D eigenvalue weighted by molar-refractivity contribution is 6.32. The van der Waals surface area contributed by atoms with E-state index in [2.05, 4.69) is 11.0 Å². The Labute approximate surface area is 120 Å². The summed E-state index contributed by atoms with van der Waals surface area (Å²) in [6.07, 6.45) is 1.02. The van der Waals surface area contributed by atoms with Gasteiger partial charge in [0.25, 0.3) is 0 Å². The summed E-state index contributed by atoms with van der Waals surface area (Å²) in [7, 11) is 0. The largest absolute Gasteiger partial charge is 0.492 e. The Bertz CT molecular complexity index is 394. The zero-order chi connectivity index (χ0) is 13.7. The molecule has 1 saturated heterocycles. The molecular formula is C15H22ClNO2. The van der Waals surface area contributed by atoms with Crippen LogP contribution in [0.1, 0.15) is 17.5 Å². The molecule has 0 aromatic heterocycles. The molecule has 0 atom stereocenters. The van der Waals surface area contributed by atoms with Crippen LogP contribution in [0.3, 0.4) is 0 Å². The van der Waals surface area contributed by atoms with Crippen molar-refractivity contribution in [1.82, 2.24) is 4.90 Å². The monoisotopic (exact) mass is 283 g/mol. The predicted molar refractivity (Wildman–Crippen MR) is 78.3 cm³/mol. The Kier molecular flexibility index (Phi) is 5.49. The van der Waals surface area contributed by atoms with Crippen molar-refractivity contribution in [3.8, 4) is 5.75 Å². The van der Waals surface area contributed by atoms with Gasteiger partial charge in [0.1, 0.15) is 5.75 Å². The van der Waals surface area contributed by atoms with Crippen molar-refractivity contribution >= 4 is 11.6 Å². The molecule has 0 spiro atoms. The van der Waals surface area contributed by atoms with E-state index in [0.29, 0.717) is 11.6 Å². The van der Waals surface area contributed by atoms with Gasteiger partial charge in [0, 0.05) is 19.6 Å². The lowest BCUT2D eigenvalue weighted by atomic mass is 10.1. The number of benzene rings is 1. The highest BCUT2D eigenvalue weighted by atomic mass is 35.5. The summed E-state index contributed by atoms with van der Waals surface area (Å²) in [6, 6.07) is 4.05. The number of morpholine rings is 1. The number of ether oxygens (including phenoxy) is 2. The van der Waals surface area contributed by atoms with Gasteiger partial charge >= 0.3 is 0 Å². The van der Waals surface area contributed by atoms with Crippen molar-refractivity contribution in [1.29, 1.82) is 0 Å². The number of hydrogen-bond acceptors (Lipinski definition) is 3. The normalized spacial score (nSPS) is 16.6. The number of aryl methyl sites for hydroxylation is 2. The number of rotatable bonds is 5. The Morgan fingerprint density at radius 2 is 2.00 bits per heavy atom. The van der Waals surface area contributed by atoms with Crippen LogP contribution in [0, 0.1) is 13.8 Å². The van der Waals surface area contributed by atoms with E-state index in [-0.39, 0.29) is 0 Å². The zero-order valence-corrected chi connectivity index (χ0v) is 12.5. The molecule has 0 bridgehead atoms. The highest BCUT2D eigenvalue weighted by Gasteiger charge is 2.10. The van der Waals surface area contributed by atoms with E-state index in [9.17, 15) is 0 Å². The van der Waals surface area contributed by atoms with Crippen molar-refractivity contribution in [2.75, 3.05) is 39.5 Å². The maximum atomic E-state index is 6.21. The van der Waals surface area contributed by atoms with Gasteiger partial charge in [-0.1, -0.05) is 17.7 Å². The van der Waals surface area contributed by atoms with Crippen LogP contribution in [0.15, 0.2) is 12.1 Å². The van der Waals surface area contributed by atoms with Gasteiger partial charge in [-0.2, -0.15) is 0 Å². The molecule has 4 heteroatoms. The summed E-state index contributed by atoms with van der Waals surface area (Å²) in [6.45, 7) is 9.62. The average Bonchev–Trinajstić information content (AvgIpc) is 2.38. The van der Waals surface area contributed by atoms with E-state index < -0.39 is 0 Å². The SMILES string of the molecule is Cc1cc(C)c(OCCCN2CCOCC2)c(Cl)c1. The number of halogens is 1. The first-order valence-corrected chi connectivity index (χ1v) is 7.24. The molecule has 1 aromatic rings. The highest BCUT2D eigenvalue weighted by Crippen LogP contribution is 2.29. The van der Waals surface area contributed by atoms with Crippen LogP contribution >= 0.6 is 11.6 Å². The summed E-state index contributed by atoms with van der Waals surface area (Å²) in [5, 5.41) is 0.712. The Hall–Kier alpha value is -0.770. The summed E-state index contributed by atoms with van der Waals surface area (Å²) >= 11 is 6.21. The molecule has 19 heavy (non-hydrogen) atoms. The summed E-state index contributed by atoms with van der Waals surface area (Å²) < 4.78 is 11.2. The lowest BCUT2D eigenvalue weighted by molar-refractivity contribution is 0.0358. The Morgan fingerprint density at radius 3 is 2.68 bits per heavy atom. The molecule has 0 N–H and O–H groups in total. The smallest absolute Gasteiger partial charge is 0.140 e. The summed E-state index contributed by atoms with van der Waals surface area (Å²) in [4.78, 5) is 2.41. The van der Waals surface area contributed by atoms with Crippen molar-refractivity contribution < 1.29 is 9.47 Å². The minimum Gasteiger partial charge on any atom is -0.492 e. The number of hydrogen-bond donors (Lipinski definition) is 0. The first kappa shape index (κ1) is 14.6. The van der Waals surface area contributed by atoms with Gasteiger partial charge in [-0.05, 0) is 37.5 Å². The van der Waals surface area contributed by atoms with Crippen molar-refractivity contribution in [3.63, 3.8) is 0 Å². The summed E-state index contributed by atoms with van der Waals surface area (Å²) in [5.74, 6) is 0.828. The molecule has 3 nitrogen and oxygen atoms in total. The maximum absolute atomic E-state index is 6.21. The van der Waals surface area contributed by atoms with Gasteiger partial charge in [0.15, 0.2) is 0 Å². The zero-order valence-electron chi connectivity index (χ0n) is 11.7. The molecule has 2 rings (SSSR count). The molecule has 0 amide bonds. The van der Waals surface area contributed by atoms with E-state index >= 15 is 0 Å². The molecule has 0 radical (unpaired) electrons. The van der Waals surface area contributed by atoms with Gasteiger partial charge in [-0.25, -0.2) is 0 Å². The Morgan fingerprint density at radius 1 is 1.26 bits per heavy atom. The fourth-order valence-electron chi connectivity index (χ4n) is 2.37. The van der Waals surface area contributed by atoms with Crippen LogP contribution < -0.4 is 4.74 Å². The van der Waals surface area contributed by atoms with Gasteiger partial charge in [0.05, 0.1) is 24.8 Å². The van der Waals surface area contributed by atoms with Crippen molar-refractivity contribution in [2.45, 2.75) is 20.3 Å². The molecule has 1 aliphatic heterocycles. The minimum atomic E-state index is 0.709. The Balaban J connectivity index is 1.76. The van der Waals surface area contributed by atoms with Gasteiger partial charge in [0.2, 0.25) is 0 Å². The van der Waals surface area contributed by atoms with E-state index in [1.165, 1.54) is 5.56 Å². The van der Waals surface area contributed by atoms with E-state index in [1.807, 2.05) is 19.9 Å². The average molecular weight is 284 g/mol. The summed E-state index contributed by atoms with van der Waals surface area (Å²) in [5.41, 5.74) is 2.28. The minimum absolute atomic E-state index is 0.709. The molecule has 0 aliphatic carbocycles. The molecule has 0 saturated carbocycles. The molecule has 1 heterocycles. The second-order valence-corrected chi connectivity index (χ2v) is 5.46. The third-order valence-corrected chi connectivity index (χ3v) is 3.62. The predicted octanol–water partition coefficient (Wildman–Crippen LogP) is 3.06. The van der Waals surface area contributed by atoms with Crippen LogP contribution in [-0.2, 0) is 4.74 Å². The van der Waals surface area contributed by atoms with Gasteiger partial charge in [-0.3, -0.25) is 4.90 Å². The quantitative estimate of drug-likeness (QED) is 0.775. The van der Waals surface area contributed by atoms with Crippen LogP contribution in [0.4, 0.5) is 0 Å². The maximum Gasteiger partial charge on any atom is 0.140 e. The van der Waals surface area contributed by atoms with Crippen LogP contribution in [0.25, 0.3) is 0 Å². The molecule has 106 valence electrons. The van der Waals surface area contributed by atoms with E-state index in [1.54, 1.807) is 0 Å². The fraction of sp³-hybridized carbons (Fsp3) is 0.600. The van der Waals surface area contributed by atoms with Crippen molar-refractivity contribution in [2.24, 2.45) is 0 Å². The molecule has 0 unspecified atom stereocenters. The topological polar surface area (TPSA) is 21.7 Å². The van der Waals surface area contributed by atoms with E-state index in [0.717, 1.165) is 50.6 Å². The van der Waals surface area contributed by atoms with Crippen molar-refractivity contribution in [3.05, 3.63) is 28.3 Å². The van der Waals surface area contributed by atoms with Crippen LogP contribution in [0.5, 0.6) is 5.75 Å². The third-order valence-electron chi connectivity index (χ3n) is 3.34. The van der Waals surface area contributed by atoms with Crippen LogP contribution in [-0.4, -0.2) is 44.4 Å². The fourth-order valence-corrected chi connectivity index (χ4v) is 2.75. The standard InChI is InChI=1S/C15H22ClNO2/c1-12-10-13(2)15(14(16)11-12)19-7-3-4-17-5-8-18-9-6-17/h10-11H,3-9H2,1-2H3. The second kappa shape index (κ2) is 7.13.